The lowest BCUT2D eigenvalue weighted by atomic mass is 10.2. The average Bonchev–Trinajstić information content (AvgIpc) is 2.66. The SMILES string of the molecule is CCOSc1cc(C(=O)NCCCN(C)C)cc(SOCC)c1SOCC. The summed E-state index contributed by atoms with van der Waals surface area (Å²) in [7, 11) is 4.04. The molecule has 0 aromatic heterocycles. The Morgan fingerprint density at radius 1 is 0.963 bits per heavy atom. The Balaban J connectivity index is 3.02. The van der Waals surface area contributed by atoms with Gasteiger partial charge in [0.25, 0.3) is 5.91 Å². The summed E-state index contributed by atoms with van der Waals surface area (Å²) in [5.74, 6) is -0.0987. The molecule has 0 aliphatic rings. The van der Waals surface area contributed by atoms with Crippen LogP contribution in [0, 0.1) is 0 Å². The maximum Gasteiger partial charge on any atom is 0.251 e. The Morgan fingerprint density at radius 2 is 1.48 bits per heavy atom. The van der Waals surface area contributed by atoms with Crippen LogP contribution in [0.15, 0.2) is 26.8 Å². The summed E-state index contributed by atoms with van der Waals surface area (Å²) < 4.78 is 16.6. The van der Waals surface area contributed by atoms with Crippen LogP contribution >= 0.6 is 36.1 Å². The predicted octanol–water partition coefficient (Wildman–Crippen LogP) is 4.50. The lowest BCUT2D eigenvalue weighted by molar-refractivity contribution is 0.0951. The summed E-state index contributed by atoms with van der Waals surface area (Å²) in [5.41, 5.74) is 0.588. The number of hydrogen-bond acceptors (Lipinski definition) is 8. The molecule has 0 unspecified atom stereocenters. The number of nitrogens with one attached hydrogen (secondary N) is 1. The van der Waals surface area contributed by atoms with E-state index in [0.29, 0.717) is 31.9 Å². The second-order valence-corrected chi connectivity index (χ2v) is 8.18. The molecule has 0 aliphatic heterocycles. The number of carbonyl (C=O) groups excluding carboxylic acids is 1. The van der Waals surface area contributed by atoms with Crippen LogP contribution < -0.4 is 5.32 Å². The number of nitrogens with zero attached hydrogens (tertiary/aromatic N) is 1. The molecular weight excluding hydrogens is 404 g/mol. The number of amides is 1. The van der Waals surface area contributed by atoms with Crippen LogP contribution in [-0.2, 0) is 12.5 Å². The largest absolute Gasteiger partial charge is 0.352 e. The molecule has 0 saturated heterocycles. The predicted molar refractivity (Wildman–Crippen MR) is 114 cm³/mol. The molecule has 6 nitrogen and oxygen atoms in total. The first-order valence-electron chi connectivity index (χ1n) is 9.02. The maximum absolute atomic E-state index is 12.6. The summed E-state index contributed by atoms with van der Waals surface area (Å²) in [6.07, 6.45) is 0.901. The van der Waals surface area contributed by atoms with Crippen molar-refractivity contribution in [1.82, 2.24) is 10.2 Å². The lowest BCUT2D eigenvalue weighted by Gasteiger charge is -2.15. The highest BCUT2D eigenvalue weighted by Gasteiger charge is 2.18. The van der Waals surface area contributed by atoms with Gasteiger partial charge in [-0.1, -0.05) is 0 Å². The molecule has 1 rings (SSSR count). The van der Waals surface area contributed by atoms with Crippen LogP contribution in [-0.4, -0.2) is 57.8 Å². The summed E-state index contributed by atoms with van der Waals surface area (Å²) in [4.78, 5) is 17.3. The fourth-order valence-corrected chi connectivity index (χ4v) is 4.18. The van der Waals surface area contributed by atoms with Gasteiger partial charge in [-0.05, 0) is 60.0 Å². The van der Waals surface area contributed by atoms with Crippen molar-refractivity contribution in [2.45, 2.75) is 41.9 Å². The van der Waals surface area contributed by atoms with Crippen LogP contribution in [0.3, 0.4) is 0 Å². The van der Waals surface area contributed by atoms with Crippen LogP contribution in [0.5, 0.6) is 0 Å². The summed E-state index contributed by atoms with van der Waals surface area (Å²) in [5, 5.41) is 2.98. The smallest absolute Gasteiger partial charge is 0.251 e. The molecule has 1 aromatic carbocycles. The first-order chi connectivity index (χ1) is 13.0. The standard InChI is InChI=1S/C18H30N2O4S3/c1-6-22-25-15-12-14(18(21)19-10-9-11-20(4)5)13-16(26-23-7-2)17(15)27-24-8-3/h12-13H,6-11H2,1-5H3,(H,19,21). The summed E-state index contributed by atoms with van der Waals surface area (Å²) >= 11 is 3.79. The number of benzene rings is 1. The van der Waals surface area contributed by atoms with Gasteiger partial charge in [0.1, 0.15) is 0 Å². The minimum absolute atomic E-state index is 0.0987. The van der Waals surface area contributed by atoms with Gasteiger partial charge >= 0.3 is 0 Å². The van der Waals surface area contributed by atoms with Crippen LogP contribution in [0.1, 0.15) is 37.6 Å². The number of rotatable bonds is 14. The van der Waals surface area contributed by atoms with Gasteiger partial charge in [0.15, 0.2) is 0 Å². The molecule has 0 bridgehead atoms. The molecule has 1 N–H and O–H groups in total. The van der Waals surface area contributed by atoms with Gasteiger partial charge in [0.2, 0.25) is 0 Å². The normalized spacial score (nSPS) is 11.2. The molecule has 0 saturated carbocycles. The van der Waals surface area contributed by atoms with Gasteiger partial charge in [-0.25, -0.2) is 0 Å². The average molecular weight is 435 g/mol. The number of hydrogen-bond donors (Lipinski definition) is 1. The van der Waals surface area contributed by atoms with E-state index in [1.807, 2.05) is 47.0 Å². The fourth-order valence-electron chi connectivity index (χ4n) is 1.98. The second-order valence-electron chi connectivity index (χ2n) is 5.68. The molecule has 0 atom stereocenters. The van der Waals surface area contributed by atoms with Crippen molar-refractivity contribution in [1.29, 1.82) is 0 Å². The third-order valence-electron chi connectivity index (χ3n) is 3.14. The zero-order valence-corrected chi connectivity index (χ0v) is 19.2. The second kappa shape index (κ2) is 14.6. The zero-order valence-electron chi connectivity index (χ0n) is 16.7. The number of carbonyl (C=O) groups is 1. The van der Waals surface area contributed by atoms with Gasteiger partial charge in [-0.15, -0.1) is 0 Å². The maximum atomic E-state index is 12.6. The van der Waals surface area contributed by atoms with E-state index in [9.17, 15) is 4.79 Å². The molecule has 0 fully saturated rings. The molecule has 1 amide bonds. The van der Waals surface area contributed by atoms with Gasteiger partial charge in [0, 0.05) is 48.2 Å². The summed E-state index contributed by atoms with van der Waals surface area (Å²) in [6, 6.07) is 3.69. The van der Waals surface area contributed by atoms with Crippen molar-refractivity contribution in [2.75, 3.05) is 47.0 Å². The minimum Gasteiger partial charge on any atom is -0.352 e. The van der Waals surface area contributed by atoms with Gasteiger partial charge in [-0.2, -0.15) is 0 Å². The van der Waals surface area contributed by atoms with Gasteiger partial charge in [0.05, 0.1) is 34.5 Å². The van der Waals surface area contributed by atoms with Crippen molar-refractivity contribution in [3.05, 3.63) is 17.7 Å². The molecule has 1 aromatic rings. The molecule has 0 aliphatic carbocycles. The molecule has 0 spiro atoms. The van der Waals surface area contributed by atoms with E-state index in [4.69, 9.17) is 12.5 Å². The van der Waals surface area contributed by atoms with Crippen LogP contribution in [0.25, 0.3) is 0 Å². The monoisotopic (exact) mass is 434 g/mol. The highest BCUT2D eigenvalue weighted by atomic mass is 32.2. The Labute approximate surface area is 176 Å². The van der Waals surface area contributed by atoms with Crippen molar-refractivity contribution in [3.8, 4) is 0 Å². The first kappa shape index (κ1) is 24.6. The molecular formula is C18H30N2O4S3. The van der Waals surface area contributed by atoms with Gasteiger partial charge in [-0.3, -0.25) is 4.79 Å². The fraction of sp³-hybridized carbons (Fsp3) is 0.611. The van der Waals surface area contributed by atoms with E-state index in [-0.39, 0.29) is 5.91 Å². The highest BCUT2D eigenvalue weighted by Crippen LogP contribution is 2.40. The lowest BCUT2D eigenvalue weighted by Crippen LogP contribution is -2.27. The Bertz CT molecular complexity index is 545. The van der Waals surface area contributed by atoms with Crippen LogP contribution in [0.2, 0.25) is 0 Å². The zero-order chi connectivity index (χ0) is 20.1. The van der Waals surface area contributed by atoms with E-state index in [2.05, 4.69) is 10.2 Å². The van der Waals surface area contributed by atoms with E-state index in [1.165, 1.54) is 36.1 Å². The third kappa shape index (κ3) is 9.56. The molecule has 0 radical (unpaired) electrons. The molecule has 154 valence electrons. The Hall–Kier alpha value is -0.420. The van der Waals surface area contributed by atoms with Crippen LogP contribution in [0.4, 0.5) is 0 Å². The van der Waals surface area contributed by atoms with Crippen molar-refractivity contribution < 1.29 is 17.3 Å². The Morgan fingerprint density at radius 3 is 1.96 bits per heavy atom. The molecule has 27 heavy (non-hydrogen) atoms. The first-order valence-corrected chi connectivity index (χ1v) is 11.2. The highest BCUT2D eigenvalue weighted by molar-refractivity contribution is 7.99. The molecule has 0 heterocycles. The van der Waals surface area contributed by atoms with E-state index in [0.717, 1.165) is 27.7 Å². The van der Waals surface area contributed by atoms with Crippen molar-refractivity contribution >= 4 is 42.0 Å². The summed E-state index contributed by atoms with van der Waals surface area (Å²) in [6.45, 7) is 9.08. The molecule has 9 heteroatoms. The minimum atomic E-state index is -0.0987. The van der Waals surface area contributed by atoms with E-state index in [1.54, 1.807) is 0 Å². The topological polar surface area (TPSA) is 60.0 Å². The van der Waals surface area contributed by atoms with Crippen molar-refractivity contribution in [2.24, 2.45) is 0 Å². The quantitative estimate of drug-likeness (QED) is 0.339. The Kier molecular flexibility index (Phi) is 13.3. The third-order valence-corrected chi connectivity index (χ3v) is 6.07. The van der Waals surface area contributed by atoms with E-state index < -0.39 is 0 Å². The van der Waals surface area contributed by atoms with Crippen molar-refractivity contribution in [3.63, 3.8) is 0 Å². The van der Waals surface area contributed by atoms with Gasteiger partial charge < -0.3 is 22.8 Å². The van der Waals surface area contributed by atoms with E-state index >= 15 is 0 Å².